The SMILES string of the molecule is O=C(O)C=CC(=O)Nc1cccc(C=Cc2ccc3ccccc3n2)c1. The highest BCUT2D eigenvalue weighted by atomic mass is 16.4. The molecule has 0 saturated carbocycles. The summed E-state index contributed by atoms with van der Waals surface area (Å²) in [6.45, 7) is 0. The molecule has 0 unspecified atom stereocenters. The fraction of sp³-hybridized carbons (Fsp3) is 0. The van der Waals surface area contributed by atoms with E-state index in [9.17, 15) is 9.59 Å². The van der Waals surface area contributed by atoms with E-state index in [1.54, 1.807) is 12.1 Å². The monoisotopic (exact) mass is 344 g/mol. The number of nitrogens with one attached hydrogen (secondary N) is 1. The molecule has 3 rings (SSSR count). The molecule has 3 aromatic rings. The summed E-state index contributed by atoms with van der Waals surface area (Å²) < 4.78 is 0. The Morgan fingerprint density at radius 3 is 2.62 bits per heavy atom. The number of para-hydroxylation sites is 1. The van der Waals surface area contributed by atoms with Crippen LogP contribution in [0.15, 0.2) is 72.8 Å². The average molecular weight is 344 g/mol. The number of aromatic nitrogens is 1. The van der Waals surface area contributed by atoms with Gasteiger partial charge < -0.3 is 10.4 Å². The number of carboxylic acid groups (broad SMARTS) is 1. The first-order valence-electron chi connectivity index (χ1n) is 7.96. The van der Waals surface area contributed by atoms with Gasteiger partial charge in [0.2, 0.25) is 5.91 Å². The number of pyridine rings is 1. The van der Waals surface area contributed by atoms with Crippen molar-refractivity contribution in [3.05, 3.63) is 84.1 Å². The van der Waals surface area contributed by atoms with Crippen LogP contribution in [0, 0.1) is 0 Å². The van der Waals surface area contributed by atoms with Crippen LogP contribution in [0.3, 0.4) is 0 Å². The summed E-state index contributed by atoms with van der Waals surface area (Å²) >= 11 is 0. The van der Waals surface area contributed by atoms with Crippen molar-refractivity contribution in [1.82, 2.24) is 4.98 Å². The summed E-state index contributed by atoms with van der Waals surface area (Å²) in [5.41, 5.74) is 3.24. The van der Waals surface area contributed by atoms with Crippen LogP contribution in [0.2, 0.25) is 0 Å². The van der Waals surface area contributed by atoms with Crippen LogP contribution in [0.4, 0.5) is 5.69 Å². The summed E-state index contributed by atoms with van der Waals surface area (Å²) in [7, 11) is 0. The summed E-state index contributed by atoms with van der Waals surface area (Å²) in [5.74, 6) is -1.66. The maximum atomic E-state index is 11.6. The standard InChI is InChI=1S/C21H16N2O3/c24-20(12-13-21(25)26)23-18-6-3-4-15(14-18)8-10-17-11-9-16-5-1-2-7-19(16)22-17/h1-14H,(H,23,24)(H,25,26). The van der Waals surface area contributed by atoms with Gasteiger partial charge in [0, 0.05) is 23.2 Å². The Morgan fingerprint density at radius 2 is 1.77 bits per heavy atom. The molecular weight excluding hydrogens is 328 g/mol. The normalized spacial score (nSPS) is 11.2. The van der Waals surface area contributed by atoms with Crippen molar-refractivity contribution in [2.75, 3.05) is 5.32 Å². The number of nitrogens with zero attached hydrogens (tertiary/aromatic N) is 1. The van der Waals surface area contributed by atoms with Crippen molar-refractivity contribution in [3.63, 3.8) is 0 Å². The molecule has 128 valence electrons. The van der Waals surface area contributed by atoms with Gasteiger partial charge in [0.05, 0.1) is 11.2 Å². The number of carbonyl (C=O) groups is 2. The van der Waals surface area contributed by atoms with Crippen LogP contribution in [-0.2, 0) is 9.59 Å². The molecule has 26 heavy (non-hydrogen) atoms. The van der Waals surface area contributed by atoms with Gasteiger partial charge in [-0.3, -0.25) is 4.79 Å². The van der Waals surface area contributed by atoms with E-state index in [-0.39, 0.29) is 0 Å². The van der Waals surface area contributed by atoms with E-state index in [1.807, 2.05) is 60.7 Å². The second kappa shape index (κ2) is 7.90. The fourth-order valence-electron chi connectivity index (χ4n) is 2.41. The van der Waals surface area contributed by atoms with E-state index < -0.39 is 11.9 Å². The van der Waals surface area contributed by atoms with Crippen LogP contribution < -0.4 is 5.32 Å². The predicted molar refractivity (Wildman–Crippen MR) is 103 cm³/mol. The van der Waals surface area contributed by atoms with Gasteiger partial charge in [-0.15, -0.1) is 0 Å². The molecular formula is C21H16N2O3. The molecule has 0 aliphatic heterocycles. The van der Waals surface area contributed by atoms with E-state index in [4.69, 9.17) is 5.11 Å². The first kappa shape index (κ1) is 17.1. The largest absolute Gasteiger partial charge is 0.478 e. The highest BCUT2D eigenvalue weighted by molar-refractivity contribution is 6.02. The van der Waals surface area contributed by atoms with Crippen LogP contribution in [0.5, 0.6) is 0 Å². The van der Waals surface area contributed by atoms with Gasteiger partial charge in [0.15, 0.2) is 0 Å². The zero-order valence-electron chi connectivity index (χ0n) is 13.8. The first-order chi connectivity index (χ1) is 12.6. The fourth-order valence-corrected chi connectivity index (χ4v) is 2.41. The van der Waals surface area contributed by atoms with Gasteiger partial charge in [-0.1, -0.05) is 42.5 Å². The molecule has 0 fully saturated rings. The topological polar surface area (TPSA) is 79.3 Å². The molecule has 0 spiro atoms. The highest BCUT2D eigenvalue weighted by Gasteiger charge is 2.00. The van der Waals surface area contributed by atoms with Crippen LogP contribution in [0.25, 0.3) is 23.1 Å². The van der Waals surface area contributed by atoms with Crippen LogP contribution >= 0.6 is 0 Å². The van der Waals surface area contributed by atoms with E-state index in [2.05, 4.69) is 10.3 Å². The smallest absolute Gasteiger partial charge is 0.328 e. The number of fused-ring (bicyclic) bond motifs is 1. The third-order valence-corrected chi connectivity index (χ3v) is 3.60. The number of benzene rings is 2. The summed E-state index contributed by atoms with van der Waals surface area (Å²) in [5, 5.41) is 12.2. The number of anilines is 1. The lowest BCUT2D eigenvalue weighted by Gasteiger charge is -2.03. The summed E-state index contributed by atoms with van der Waals surface area (Å²) in [6.07, 6.45) is 5.58. The minimum Gasteiger partial charge on any atom is -0.478 e. The Balaban J connectivity index is 1.74. The molecule has 2 aromatic carbocycles. The number of hydrogen-bond acceptors (Lipinski definition) is 3. The summed E-state index contributed by atoms with van der Waals surface area (Å²) in [4.78, 5) is 26.7. The van der Waals surface area contributed by atoms with Crippen molar-refractivity contribution in [1.29, 1.82) is 0 Å². The second-order valence-electron chi connectivity index (χ2n) is 5.55. The number of rotatable bonds is 5. The number of aliphatic carboxylic acids is 1. The molecule has 0 aliphatic rings. The van der Waals surface area contributed by atoms with E-state index in [0.29, 0.717) is 5.69 Å². The molecule has 0 saturated heterocycles. The lowest BCUT2D eigenvalue weighted by atomic mass is 10.1. The van der Waals surface area contributed by atoms with Crippen LogP contribution in [-0.4, -0.2) is 22.0 Å². The van der Waals surface area contributed by atoms with Gasteiger partial charge in [-0.05, 0) is 35.9 Å². The molecule has 1 aromatic heterocycles. The zero-order valence-corrected chi connectivity index (χ0v) is 13.8. The Hall–Kier alpha value is -3.73. The van der Waals surface area contributed by atoms with Crippen molar-refractivity contribution in [2.45, 2.75) is 0 Å². The molecule has 5 heteroatoms. The van der Waals surface area contributed by atoms with Crippen molar-refractivity contribution >= 4 is 40.6 Å². The molecule has 2 N–H and O–H groups in total. The maximum absolute atomic E-state index is 11.6. The molecule has 5 nitrogen and oxygen atoms in total. The molecule has 0 radical (unpaired) electrons. The van der Waals surface area contributed by atoms with Gasteiger partial charge in [0.1, 0.15) is 0 Å². The minimum atomic E-state index is -1.17. The third-order valence-electron chi connectivity index (χ3n) is 3.60. The number of hydrogen-bond donors (Lipinski definition) is 2. The number of carboxylic acids is 1. The third kappa shape index (κ3) is 4.64. The lowest BCUT2D eigenvalue weighted by Crippen LogP contribution is -2.08. The quantitative estimate of drug-likeness (QED) is 0.686. The van der Waals surface area contributed by atoms with Crippen molar-refractivity contribution in [2.24, 2.45) is 0 Å². The molecule has 1 heterocycles. The lowest BCUT2D eigenvalue weighted by molar-refractivity contribution is -0.131. The maximum Gasteiger partial charge on any atom is 0.328 e. The zero-order chi connectivity index (χ0) is 18.4. The number of amides is 1. The van der Waals surface area contributed by atoms with Crippen molar-refractivity contribution < 1.29 is 14.7 Å². The van der Waals surface area contributed by atoms with Crippen LogP contribution in [0.1, 0.15) is 11.3 Å². The van der Waals surface area contributed by atoms with E-state index in [1.165, 1.54) is 0 Å². The molecule has 1 amide bonds. The first-order valence-corrected chi connectivity index (χ1v) is 7.96. The van der Waals surface area contributed by atoms with E-state index >= 15 is 0 Å². The predicted octanol–water partition coefficient (Wildman–Crippen LogP) is 3.98. The highest BCUT2D eigenvalue weighted by Crippen LogP contribution is 2.16. The van der Waals surface area contributed by atoms with Gasteiger partial charge in [-0.2, -0.15) is 0 Å². The molecule has 0 atom stereocenters. The Bertz CT molecular complexity index is 1020. The summed E-state index contributed by atoms with van der Waals surface area (Å²) in [6, 6.07) is 19.1. The van der Waals surface area contributed by atoms with E-state index in [0.717, 1.165) is 34.3 Å². The Kier molecular flexibility index (Phi) is 5.19. The van der Waals surface area contributed by atoms with Gasteiger partial charge in [-0.25, -0.2) is 9.78 Å². The Morgan fingerprint density at radius 1 is 0.923 bits per heavy atom. The Labute approximate surface area is 150 Å². The number of carbonyl (C=O) groups excluding carboxylic acids is 1. The minimum absolute atomic E-state index is 0.496. The van der Waals surface area contributed by atoms with Gasteiger partial charge in [0.25, 0.3) is 0 Å². The average Bonchev–Trinajstić information content (AvgIpc) is 2.65. The molecule has 0 bridgehead atoms. The van der Waals surface area contributed by atoms with Gasteiger partial charge >= 0.3 is 5.97 Å². The molecule has 0 aliphatic carbocycles. The van der Waals surface area contributed by atoms with Crippen molar-refractivity contribution in [3.8, 4) is 0 Å². The second-order valence-corrected chi connectivity index (χ2v) is 5.55.